The van der Waals surface area contributed by atoms with E-state index in [1.165, 1.54) is 6.07 Å². The molecule has 1 fully saturated rings. The third-order valence-corrected chi connectivity index (χ3v) is 5.10. The number of hydrogen-bond donors (Lipinski definition) is 2. The molecule has 0 saturated heterocycles. The summed E-state index contributed by atoms with van der Waals surface area (Å²) in [4.78, 5) is 20.3. The van der Waals surface area contributed by atoms with Crippen LogP contribution in [-0.2, 0) is 0 Å². The van der Waals surface area contributed by atoms with Gasteiger partial charge in [-0.25, -0.2) is 14.1 Å². The molecule has 0 atom stereocenters. The van der Waals surface area contributed by atoms with Gasteiger partial charge in [-0.3, -0.25) is 9.89 Å². The standard InChI is InChI=1S/C15H19FIN5O/c1-9-7-12(19-11-3-5-15(16,17)6-4-11)20-14(18-9)22-10(2)8-13(23)21-22/h7-8,11H,3-6H2,1-2H3,(H,21,23)(H,18,19,20). The van der Waals surface area contributed by atoms with Crippen LogP contribution >= 0.6 is 22.6 Å². The van der Waals surface area contributed by atoms with Crippen molar-refractivity contribution in [2.24, 2.45) is 0 Å². The van der Waals surface area contributed by atoms with Gasteiger partial charge in [-0.2, -0.15) is 4.98 Å². The minimum Gasteiger partial charge on any atom is -0.367 e. The van der Waals surface area contributed by atoms with Crippen molar-refractivity contribution in [3.8, 4) is 5.95 Å². The second-order valence-corrected chi connectivity index (χ2v) is 8.00. The lowest BCUT2D eigenvalue weighted by atomic mass is 9.94. The predicted octanol–water partition coefficient (Wildman–Crippen LogP) is 3.03. The summed E-state index contributed by atoms with van der Waals surface area (Å²) in [5.74, 6) is 1.13. The predicted molar refractivity (Wildman–Crippen MR) is 95.2 cm³/mol. The molecule has 3 rings (SSSR count). The van der Waals surface area contributed by atoms with Crippen molar-refractivity contribution >= 4 is 28.4 Å². The Bertz CT molecular complexity index is 759. The number of rotatable bonds is 3. The summed E-state index contributed by atoms with van der Waals surface area (Å²) in [6.07, 6.45) is 2.65. The average Bonchev–Trinajstić information content (AvgIpc) is 2.79. The van der Waals surface area contributed by atoms with E-state index in [1.54, 1.807) is 4.68 Å². The topological polar surface area (TPSA) is 75.6 Å². The summed E-state index contributed by atoms with van der Waals surface area (Å²) < 4.78 is 14.4. The molecular formula is C15H19FIN5O. The van der Waals surface area contributed by atoms with Crippen LogP contribution in [0, 0.1) is 13.8 Å². The summed E-state index contributed by atoms with van der Waals surface area (Å²) >= 11 is 1.90. The zero-order chi connectivity index (χ0) is 16.6. The fourth-order valence-electron chi connectivity index (χ4n) is 2.81. The molecule has 0 spiro atoms. The van der Waals surface area contributed by atoms with Gasteiger partial charge in [-0.05, 0) is 62.1 Å². The van der Waals surface area contributed by atoms with Crippen LogP contribution in [0.3, 0.4) is 0 Å². The van der Waals surface area contributed by atoms with Crippen LogP contribution in [0.4, 0.5) is 10.2 Å². The maximum Gasteiger partial charge on any atom is 0.264 e. The zero-order valence-electron chi connectivity index (χ0n) is 13.1. The van der Waals surface area contributed by atoms with Crippen molar-refractivity contribution in [1.29, 1.82) is 0 Å². The van der Waals surface area contributed by atoms with Crippen molar-refractivity contribution in [2.45, 2.75) is 49.2 Å². The molecule has 2 heterocycles. The van der Waals surface area contributed by atoms with Gasteiger partial charge in [-0.15, -0.1) is 0 Å². The molecule has 2 aromatic heterocycles. The number of aromatic amines is 1. The number of nitrogens with one attached hydrogen (secondary N) is 2. The summed E-state index contributed by atoms with van der Waals surface area (Å²) in [7, 11) is 0. The average molecular weight is 431 g/mol. The number of hydrogen-bond acceptors (Lipinski definition) is 4. The van der Waals surface area contributed by atoms with Crippen molar-refractivity contribution in [2.75, 3.05) is 5.32 Å². The fourth-order valence-corrected chi connectivity index (χ4v) is 3.44. The van der Waals surface area contributed by atoms with Crippen molar-refractivity contribution in [1.82, 2.24) is 19.7 Å². The number of nitrogens with zero attached hydrogens (tertiary/aromatic N) is 3. The molecule has 0 amide bonds. The summed E-state index contributed by atoms with van der Waals surface area (Å²) in [5.41, 5.74) is 1.36. The molecule has 2 aromatic rings. The quantitative estimate of drug-likeness (QED) is 0.579. The highest BCUT2D eigenvalue weighted by Crippen LogP contribution is 2.38. The van der Waals surface area contributed by atoms with Crippen LogP contribution in [0.1, 0.15) is 37.1 Å². The minimum absolute atomic E-state index is 0.185. The number of anilines is 1. The van der Waals surface area contributed by atoms with E-state index in [1.807, 2.05) is 42.5 Å². The van der Waals surface area contributed by atoms with Crippen molar-refractivity contribution in [3.63, 3.8) is 0 Å². The first-order valence-corrected chi connectivity index (χ1v) is 8.69. The molecule has 124 valence electrons. The van der Waals surface area contributed by atoms with E-state index in [4.69, 9.17) is 0 Å². The Labute approximate surface area is 147 Å². The normalized spacial score (nSPS) is 24.6. The van der Waals surface area contributed by atoms with E-state index < -0.39 is 3.68 Å². The minimum atomic E-state index is -1.08. The third kappa shape index (κ3) is 3.91. The Morgan fingerprint density at radius 1 is 1.35 bits per heavy atom. The van der Waals surface area contributed by atoms with Gasteiger partial charge in [0.15, 0.2) is 3.68 Å². The van der Waals surface area contributed by atoms with Crippen molar-refractivity contribution in [3.05, 3.63) is 33.9 Å². The zero-order valence-corrected chi connectivity index (χ0v) is 15.2. The lowest BCUT2D eigenvalue weighted by molar-refractivity contribution is 0.223. The van der Waals surface area contributed by atoms with Gasteiger partial charge >= 0.3 is 0 Å². The maximum absolute atomic E-state index is 13.9. The molecule has 1 saturated carbocycles. The lowest BCUT2D eigenvalue weighted by Crippen LogP contribution is -2.31. The Balaban J connectivity index is 1.81. The summed E-state index contributed by atoms with van der Waals surface area (Å²) in [6.45, 7) is 3.70. The third-order valence-electron chi connectivity index (χ3n) is 4.03. The number of H-pyrrole nitrogens is 1. The molecule has 0 aliphatic heterocycles. The highest BCUT2D eigenvalue weighted by Gasteiger charge is 2.32. The Morgan fingerprint density at radius 3 is 2.65 bits per heavy atom. The first-order chi connectivity index (χ1) is 10.8. The maximum atomic E-state index is 13.9. The first-order valence-electron chi connectivity index (χ1n) is 7.61. The van der Waals surface area contributed by atoms with Gasteiger partial charge in [0.1, 0.15) is 5.82 Å². The number of halogens is 2. The van der Waals surface area contributed by atoms with E-state index in [0.29, 0.717) is 24.6 Å². The molecule has 0 radical (unpaired) electrons. The van der Waals surface area contributed by atoms with Gasteiger partial charge in [0, 0.05) is 29.6 Å². The highest BCUT2D eigenvalue weighted by molar-refractivity contribution is 14.1. The molecule has 2 N–H and O–H groups in total. The second-order valence-electron chi connectivity index (χ2n) is 6.07. The number of aromatic nitrogens is 4. The summed E-state index contributed by atoms with van der Waals surface area (Å²) in [5, 5.41) is 6.06. The number of aryl methyl sites for hydroxylation is 2. The van der Waals surface area contributed by atoms with Crippen LogP contribution in [0.5, 0.6) is 0 Å². The molecule has 0 aromatic carbocycles. The molecule has 8 heteroatoms. The largest absolute Gasteiger partial charge is 0.367 e. The van der Waals surface area contributed by atoms with Gasteiger partial charge in [0.25, 0.3) is 11.5 Å². The van der Waals surface area contributed by atoms with E-state index >= 15 is 0 Å². The molecule has 0 unspecified atom stereocenters. The van der Waals surface area contributed by atoms with Crippen LogP contribution in [0.15, 0.2) is 16.9 Å². The molecule has 1 aliphatic carbocycles. The van der Waals surface area contributed by atoms with Crippen LogP contribution in [0.2, 0.25) is 0 Å². The molecule has 0 bridgehead atoms. The smallest absolute Gasteiger partial charge is 0.264 e. The van der Waals surface area contributed by atoms with E-state index in [0.717, 1.165) is 24.2 Å². The van der Waals surface area contributed by atoms with Gasteiger partial charge < -0.3 is 5.32 Å². The molecule has 6 nitrogen and oxygen atoms in total. The lowest BCUT2D eigenvalue weighted by Gasteiger charge is -2.30. The first kappa shape index (κ1) is 16.4. The van der Waals surface area contributed by atoms with Crippen LogP contribution < -0.4 is 10.9 Å². The van der Waals surface area contributed by atoms with Gasteiger partial charge in [-0.1, -0.05) is 0 Å². The van der Waals surface area contributed by atoms with Crippen molar-refractivity contribution < 1.29 is 4.39 Å². The SMILES string of the molecule is Cc1cc(NC2CCC(F)(I)CC2)nc(-n2[nH]c(=O)cc2C)n1. The second kappa shape index (κ2) is 6.21. The summed E-state index contributed by atoms with van der Waals surface area (Å²) in [6, 6.07) is 3.57. The van der Waals surface area contributed by atoms with E-state index in [9.17, 15) is 9.18 Å². The highest BCUT2D eigenvalue weighted by atomic mass is 127. The Hall–Kier alpha value is -1.45. The van der Waals surface area contributed by atoms with Crippen LogP contribution in [0.25, 0.3) is 5.95 Å². The van der Waals surface area contributed by atoms with E-state index in [-0.39, 0.29) is 11.6 Å². The van der Waals surface area contributed by atoms with E-state index in [2.05, 4.69) is 20.4 Å². The van der Waals surface area contributed by atoms with Gasteiger partial charge in [0.05, 0.1) is 0 Å². The fraction of sp³-hybridized carbons (Fsp3) is 0.533. The Kier molecular flexibility index (Phi) is 4.43. The monoisotopic (exact) mass is 431 g/mol. The van der Waals surface area contributed by atoms with Gasteiger partial charge in [0.2, 0.25) is 0 Å². The Morgan fingerprint density at radius 2 is 2.04 bits per heavy atom. The molecule has 23 heavy (non-hydrogen) atoms. The molecule has 1 aliphatic rings. The van der Waals surface area contributed by atoms with Crippen LogP contribution in [-0.4, -0.2) is 29.5 Å². The number of alkyl halides is 2. The molecular weight excluding hydrogens is 412 g/mol.